The van der Waals surface area contributed by atoms with E-state index < -0.39 is 184 Å². The number of thiol groups is 1. The standard InChI is InChI=1S/C83H129N13O23S/c1-54(2)70(73(107)88-59(20-19-38-85-74(84)108)71(105)86-57-25-21-55(22-26-57)50-114-75(109)94(17)40-41-95(18)76(110)118-58-27-23-56-24-30-69(104)119-61(56)48-58)89-66(101)49-60(87-62(97)31-39-96-67(102)28-29-68(96)103)72(106)93-83(51-111-42-32-63(98)90-79(9,10)35-45-115-77(3,4)5,52-112-43-33-64(99)91-80(11,12)36-46-116-78(6,7)8)53-113-44-34-65(100)92-81(13,14)37-47-117-82(15,16)120/h21-30,48,54,59-60,70,120H,19-20,31-47,49-53H2,1-18H3,(H,86,105)(H,87,97)(H,88,107)(H,89,101)(H,90,98)(H,91,99)(H,92,100)(H,93,106)(H3,84,85,108)/t59-,60-,70?/m0/s1. The topological polar surface area (TPSA) is 470 Å². The van der Waals surface area contributed by atoms with Crippen LogP contribution in [-0.2, 0) is 87.7 Å². The van der Waals surface area contributed by atoms with Crippen LogP contribution in [0, 0.1) is 5.92 Å². The number of hydrogen-bond acceptors (Lipinski definition) is 24. The molecular weight excluding hydrogens is 1580 g/mol. The normalized spacial score (nSPS) is 13.5. The van der Waals surface area contributed by atoms with Crippen molar-refractivity contribution in [2.45, 2.75) is 238 Å². The largest absolute Gasteiger partial charge is 0.445 e. The molecule has 2 heterocycles. The average molecular weight is 1710 g/mol. The summed E-state index contributed by atoms with van der Waals surface area (Å²) in [5.41, 5.74) is 0.865. The number of nitrogens with one attached hydrogen (secondary N) is 9. The minimum atomic E-state index is -1.86. The maximum absolute atomic E-state index is 15.4. The van der Waals surface area contributed by atoms with Crippen LogP contribution in [0.1, 0.15) is 181 Å². The second-order valence-corrected chi connectivity index (χ2v) is 35.4. The van der Waals surface area contributed by atoms with Crippen molar-refractivity contribution in [2.24, 2.45) is 11.7 Å². The number of ether oxygens (including phenoxy) is 8. The molecule has 1 aliphatic heterocycles. The number of urea groups is 1. The number of anilines is 1. The Morgan fingerprint density at radius 1 is 0.542 bits per heavy atom. The molecule has 4 rings (SSSR count). The van der Waals surface area contributed by atoms with Gasteiger partial charge >= 0.3 is 23.8 Å². The number of benzene rings is 2. The van der Waals surface area contributed by atoms with E-state index >= 15 is 4.79 Å². The molecule has 3 atom stereocenters. The summed E-state index contributed by atoms with van der Waals surface area (Å²) in [5.74, 6) is -7.80. The number of rotatable bonds is 52. The van der Waals surface area contributed by atoms with E-state index in [1.807, 2.05) is 83.1 Å². The quantitative estimate of drug-likeness (QED) is 0.0102. The van der Waals surface area contributed by atoms with Crippen molar-refractivity contribution < 1.29 is 105 Å². The van der Waals surface area contributed by atoms with E-state index in [0.717, 1.165) is 17.1 Å². The van der Waals surface area contributed by atoms with Crippen LogP contribution in [0.3, 0.4) is 0 Å². The molecule has 3 aromatic rings. The number of nitrogens with zero attached hydrogens (tertiary/aromatic N) is 3. The molecule has 0 bridgehead atoms. The summed E-state index contributed by atoms with van der Waals surface area (Å²) >= 11 is 4.43. The number of likely N-dealkylation sites (N-methyl/N-ethyl adjacent to an activating group) is 2. The number of nitrogens with two attached hydrogens (primary N) is 1. The summed E-state index contributed by atoms with van der Waals surface area (Å²) in [6, 6.07) is 8.10. The third-order valence-corrected chi connectivity index (χ3v) is 18.4. The Morgan fingerprint density at radius 2 is 1.03 bits per heavy atom. The lowest BCUT2D eigenvalue weighted by Gasteiger charge is -2.36. The van der Waals surface area contributed by atoms with Gasteiger partial charge in [-0.3, -0.25) is 52.8 Å². The van der Waals surface area contributed by atoms with Gasteiger partial charge in [0.2, 0.25) is 47.3 Å². The van der Waals surface area contributed by atoms with Crippen molar-refractivity contribution in [3.8, 4) is 5.75 Å². The molecule has 2 aromatic carbocycles. The van der Waals surface area contributed by atoms with Crippen LogP contribution in [0.2, 0.25) is 0 Å². The number of hydrogen-bond donors (Lipinski definition) is 11. The Balaban J connectivity index is 1.63. The number of primary amides is 1. The first-order chi connectivity index (χ1) is 55.8. The molecule has 0 fully saturated rings. The van der Waals surface area contributed by atoms with Gasteiger partial charge in [0, 0.05) is 131 Å². The molecule has 11 N–H and O–H groups in total. The van der Waals surface area contributed by atoms with Gasteiger partial charge in [-0.15, -0.1) is 12.6 Å². The van der Waals surface area contributed by atoms with E-state index in [2.05, 4.69) is 60.5 Å². The Morgan fingerprint density at radius 3 is 1.52 bits per heavy atom. The van der Waals surface area contributed by atoms with E-state index in [4.69, 9.17) is 48.0 Å². The highest BCUT2D eigenvalue weighted by molar-refractivity contribution is 7.81. The van der Waals surface area contributed by atoms with E-state index in [1.54, 1.807) is 58.0 Å². The highest BCUT2D eigenvalue weighted by Gasteiger charge is 2.40. The zero-order valence-corrected chi connectivity index (χ0v) is 73.8. The van der Waals surface area contributed by atoms with Gasteiger partial charge in [-0.2, -0.15) is 0 Å². The molecule has 1 aliphatic rings. The fraction of sp³-hybridized carbons (Fsp3) is 0.639. The third-order valence-electron chi connectivity index (χ3n) is 18.2. The molecule has 1 aromatic heterocycles. The van der Waals surface area contributed by atoms with E-state index in [-0.39, 0.29) is 102 Å². The first-order valence-electron chi connectivity index (χ1n) is 40.1. The predicted octanol–water partition coefficient (Wildman–Crippen LogP) is 5.94. The van der Waals surface area contributed by atoms with Crippen LogP contribution in [0.4, 0.5) is 20.1 Å². The summed E-state index contributed by atoms with van der Waals surface area (Å²) in [6.07, 6.45) is -0.130. The van der Waals surface area contributed by atoms with Crippen LogP contribution in [-0.4, -0.2) is 248 Å². The Kier molecular flexibility index (Phi) is 41.0. The minimum Gasteiger partial charge on any atom is -0.445 e. The zero-order chi connectivity index (χ0) is 90.0. The molecular formula is C83H129N13O23S. The van der Waals surface area contributed by atoms with Crippen molar-refractivity contribution in [1.29, 1.82) is 0 Å². The molecule has 120 heavy (non-hydrogen) atoms. The number of imide groups is 1. The van der Waals surface area contributed by atoms with Gasteiger partial charge in [0.25, 0.3) is 11.8 Å². The SMILES string of the molecule is CC(C)C(NC(=O)C[C@H](NC(=O)CCN1C(=O)C=CC1=O)C(=O)NC(COCCC(=O)NC(C)(C)CCOC(C)(C)C)(COCCC(=O)NC(C)(C)CCOC(C)(C)C)COCCC(=O)NC(C)(C)CCOC(C)(C)S)C(=O)N[C@@H](CCCNC(N)=O)C(=O)Nc1ccc(COC(=O)N(C)CCN(C)C(=O)Oc2ccc3ccc(=O)oc3c2)cc1. The fourth-order valence-corrected chi connectivity index (χ4v) is 11.5. The maximum Gasteiger partial charge on any atom is 0.415 e. The second kappa shape index (κ2) is 48.0. The average Bonchev–Trinajstić information content (AvgIpc) is 1.61. The minimum absolute atomic E-state index is 0.0143. The summed E-state index contributed by atoms with van der Waals surface area (Å²) in [6.45, 7) is 27.3. The second-order valence-electron chi connectivity index (χ2n) is 34.4. The monoisotopic (exact) mass is 1710 g/mol. The van der Waals surface area contributed by atoms with Gasteiger partial charge in [-0.05, 0) is 171 Å². The first-order valence-corrected chi connectivity index (χ1v) is 40.6. The highest BCUT2D eigenvalue weighted by Crippen LogP contribution is 2.24. The molecule has 0 saturated heterocycles. The molecule has 0 radical (unpaired) electrons. The van der Waals surface area contributed by atoms with E-state index in [1.165, 1.54) is 48.2 Å². The van der Waals surface area contributed by atoms with Crippen molar-refractivity contribution in [2.75, 3.05) is 105 Å². The lowest BCUT2D eigenvalue weighted by Crippen LogP contribution is -2.63. The molecule has 0 aliphatic carbocycles. The third kappa shape index (κ3) is 41.5. The molecule has 14 amide bonds. The Bertz CT molecular complexity index is 3890. The summed E-state index contributed by atoms with van der Waals surface area (Å²) in [7, 11) is 2.94. The zero-order valence-electron chi connectivity index (χ0n) is 72.9. The maximum atomic E-state index is 15.4. The van der Waals surface area contributed by atoms with Gasteiger partial charge in [-0.25, -0.2) is 19.2 Å². The van der Waals surface area contributed by atoms with Crippen molar-refractivity contribution in [3.63, 3.8) is 0 Å². The smallest absolute Gasteiger partial charge is 0.415 e. The van der Waals surface area contributed by atoms with Gasteiger partial charge in [0.1, 0.15) is 46.5 Å². The first kappa shape index (κ1) is 103. The van der Waals surface area contributed by atoms with Crippen molar-refractivity contribution >= 4 is 107 Å². The molecule has 1 unspecified atom stereocenters. The number of amides is 14. The van der Waals surface area contributed by atoms with Gasteiger partial charge in [0.15, 0.2) is 0 Å². The molecule has 0 saturated carbocycles. The molecule has 0 spiro atoms. The summed E-state index contributed by atoms with van der Waals surface area (Å²) in [5, 5.41) is 25.6. The lowest BCUT2D eigenvalue weighted by atomic mass is 10.00. The Labute approximate surface area is 708 Å². The van der Waals surface area contributed by atoms with Gasteiger partial charge in [-0.1, -0.05) is 26.0 Å². The van der Waals surface area contributed by atoms with Crippen LogP contribution in [0.25, 0.3) is 11.0 Å². The lowest BCUT2D eigenvalue weighted by molar-refractivity contribution is -0.138. The van der Waals surface area contributed by atoms with E-state index in [0.29, 0.717) is 43.4 Å². The number of fused-ring (bicyclic) bond motifs is 1. The van der Waals surface area contributed by atoms with Crippen LogP contribution in [0.5, 0.6) is 5.75 Å². The fourth-order valence-electron chi connectivity index (χ4n) is 11.4. The molecule has 37 heteroatoms. The van der Waals surface area contributed by atoms with Gasteiger partial charge in [0.05, 0.1) is 63.9 Å². The Hall–Kier alpha value is -9.79. The van der Waals surface area contributed by atoms with E-state index in [9.17, 15) is 62.3 Å². The van der Waals surface area contributed by atoms with Crippen molar-refractivity contribution in [1.82, 2.24) is 57.2 Å². The van der Waals surface area contributed by atoms with Gasteiger partial charge < -0.3 is 106 Å². The van der Waals surface area contributed by atoms with Crippen molar-refractivity contribution in [3.05, 3.63) is 82.7 Å². The van der Waals surface area contributed by atoms with Crippen LogP contribution >= 0.6 is 12.6 Å². The predicted molar refractivity (Wildman–Crippen MR) is 450 cm³/mol. The number of carbonyl (C=O) groups is 13. The number of carbonyl (C=O) groups excluding carboxylic acids is 13. The molecule has 36 nitrogen and oxygen atoms in total. The summed E-state index contributed by atoms with van der Waals surface area (Å²) < 4.78 is 52.5. The highest BCUT2D eigenvalue weighted by atomic mass is 32.1. The van der Waals surface area contributed by atoms with Crippen LogP contribution in [0.15, 0.2) is 76.0 Å². The summed E-state index contributed by atoms with van der Waals surface area (Å²) in [4.78, 5) is 191. The molecule has 670 valence electrons. The van der Waals surface area contributed by atoms with Crippen LogP contribution < -0.4 is 63.9 Å².